The normalized spacial score (nSPS) is 10.3. The molecule has 3 nitrogen and oxygen atoms in total. The zero-order valence-corrected chi connectivity index (χ0v) is 11.9. The third-order valence-electron chi connectivity index (χ3n) is 2.82. The van der Waals surface area contributed by atoms with E-state index in [1.807, 2.05) is 18.2 Å². The molecule has 2 N–H and O–H groups in total. The molecule has 0 fully saturated rings. The minimum absolute atomic E-state index is 0.696. The summed E-state index contributed by atoms with van der Waals surface area (Å²) < 4.78 is 0.931. The molecule has 2 rings (SSSR count). The van der Waals surface area contributed by atoms with E-state index in [-0.39, 0.29) is 0 Å². The highest BCUT2D eigenvalue weighted by molar-refractivity contribution is 9.10. The van der Waals surface area contributed by atoms with Crippen molar-refractivity contribution in [2.24, 2.45) is 0 Å². The van der Waals surface area contributed by atoms with Gasteiger partial charge in [-0.1, -0.05) is 30.3 Å². The highest BCUT2D eigenvalue weighted by atomic mass is 79.9. The van der Waals surface area contributed by atoms with Crippen LogP contribution in [0.2, 0.25) is 0 Å². The lowest BCUT2D eigenvalue weighted by molar-refractivity contribution is 0.829. The van der Waals surface area contributed by atoms with Crippen molar-refractivity contribution < 1.29 is 0 Å². The summed E-state index contributed by atoms with van der Waals surface area (Å²) >= 11 is 3.52. The van der Waals surface area contributed by atoms with Crippen molar-refractivity contribution >= 4 is 27.3 Å². The molecule has 0 bridgehead atoms. The Balaban J connectivity index is 2.29. The Morgan fingerprint density at radius 2 is 1.94 bits per heavy atom. The molecule has 4 heteroatoms. The highest BCUT2D eigenvalue weighted by Gasteiger charge is 2.12. The third-order valence-corrected chi connectivity index (χ3v) is 3.40. The minimum atomic E-state index is 0.696. The topological polar surface area (TPSA) is 42.1 Å². The van der Waals surface area contributed by atoms with Gasteiger partial charge in [0.1, 0.15) is 0 Å². The SMILES string of the molecule is CCN(Cc1ccccc1)c1c(N)cncc1Br. The van der Waals surface area contributed by atoms with E-state index in [2.05, 4.69) is 44.9 Å². The van der Waals surface area contributed by atoms with Crippen LogP contribution in [-0.4, -0.2) is 11.5 Å². The first-order valence-corrected chi connectivity index (χ1v) is 6.69. The molecule has 2 aromatic rings. The van der Waals surface area contributed by atoms with Gasteiger partial charge in [-0.05, 0) is 28.4 Å². The fourth-order valence-electron chi connectivity index (χ4n) is 1.93. The van der Waals surface area contributed by atoms with Crippen LogP contribution in [0.15, 0.2) is 47.2 Å². The van der Waals surface area contributed by atoms with Gasteiger partial charge in [0.25, 0.3) is 0 Å². The van der Waals surface area contributed by atoms with E-state index in [4.69, 9.17) is 5.73 Å². The van der Waals surface area contributed by atoms with Crippen LogP contribution < -0.4 is 10.6 Å². The van der Waals surface area contributed by atoms with E-state index in [1.165, 1.54) is 5.56 Å². The number of pyridine rings is 1. The number of nitrogens with two attached hydrogens (primary N) is 1. The summed E-state index contributed by atoms with van der Waals surface area (Å²) in [5.74, 6) is 0. The Hall–Kier alpha value is -1.55. The van der Waals surface area contributed by atoms with Gasteiger partial charge in [-0.3, -0.25) is 4.98 Å². The molecule has 1 aromatic carbocycles. The number of anilines is 2. The maximum atomic E-state index is 6.02. The molecule has 0 atom stereocenters. The highest BCUT2D eigenvalue weighted by Crippen LogP contribution is 2.31. The molecule has 94 valence electrons. The zero-order valence-electron chi connectivity index (χ0n) is 10.3. The maximum Gasteiger partial charge on any atom is 0.0778 e. The first kappa shape index (κ1) is 12.9. The van der Waals surface area contributed by atoms with E-state index in [9.17, 15) is 0 Å². The van der Waals surface area contributed by atoms with E-state index in [1.54, 1.807) is 12.4 Å². The van der Waals surface area contributed by atoms with Crippen molar-refractivity contribution in [3.8, 4) is 0 Å². The first-order chi connectivity index (χ1) is 8.72. The van der Waals surface area contributed by atoms with Gasteiger partial charge >= 0.3 is 0 Å². The van der Waals surface area contributed by atoms with Gasteiger partial charge in [0, 0.05) is 19.3 Å². The number of rotatable bonds is 4. The zero-order chi connectivity index (χ0) is 13.0. The molecule has 1 aromatic heterocycles. The van der Waals surface area contributed by atoms with Crippen LogP contribution in [0.1, 0.15) is 12.5 Å². The van der Waals surface area contributed by atoms with Gasteiger partial charge in [0.05, 0.1) is 22.0 Å². The van der Waals surface area contributed by atoms with E-state index in [0.717, 1.165) is 23.2 Å². The van der Waals surface area contributed by atoms with Gasteiger partial charge < -0.3 is 10.6 Å². The summed E-state index contributed by atoms with van der Waals surface area (Å²) in [4.78, 5) is 6.30. The molecule has 0 saturated carbocycles. The molecule has 0 spiro atoms. The molecule has 0 unspecified atom stereocenters. The van der Waals surface area contributed by atoms with Crippen LogP contribution >= 0.6 is 15.9 Å². The fraction of sp³-hybridized carbons (Fsp3) is 0.214. The van der Waals surface area contributed by atoms with Gasteiger partial charge in [-0.15, -0.1) is 0 Å². The molecule has 1 heterocycles. The quantitative estimate of drug-likeness (QED) is 0.940. The second-order valence-corrected chi connectivity index (χ2v) is 4.91. The summed E-state index contributed by atoms with van der Waals surface area (Å²) in [5.41, 5.74) is 8.99. The number of nitrogen functional groups attached to an aromatic ring is 1. The molecule has 18 heavy (non-hydrogen) atoms. The monoisotopic (exact) mass is 305 g/mol. The third kappa shape index (κ3) is 2.82. The number of aromatic nitrogens is 1. The van der Waals surface area contributed by atoms with Crippen molar-refractivity contribution in [1.82, 2.24) is 4.98 Å². The predicted molar refractivity (Wildman–Crippen MR) is 79.5 cm³/mol. The first-order valence-electron chi connectivity index (χ1n) is 5.90. The second-order valence-electron chi connectivity index (χ2n) is 4.06. The molecule has 0 aliphatic heterocycles. The van der Waals surface area contributed by atoms with Crippen LogP contribution in [0.3, 0.4) is 0 Å². The van der Waals surface area contributed by atoms with Crippen molar-refractivity contribution in [3.63, 3.8) is 0 Å². The molecule has 0 saturated heterocycles. The van der Waals surface area contributed by atoms with E-state index < -0.39 is 0 Å². The fourth-order valence-corrected chi connectivity index (χ4v) is 2.53. The summed E-state index contributed by atoms with van der Waals surface area (Å²) in [7, 11) is 0. The van der Waals surface area contributed by atoms with Crippen LogP contribution in [0.5, 0.6) is 0 Å². The van der Waals surface area contributed by atoms with Crippen molar-refractivity contribution in [2.75, 3.05) is 17.2 Å². The van der Waals surface area contributed by atoms with Crippen molar-refractivity contribution in [1.29, 1.82) is 0 Å². The Morgan fingerprint density at radius 1 is 1.22 bits per heavy atom. The number of benzene rings is 1. The largest absolute Gasteiger partial charge is 0.396 e. The van der Waals surface area contributed by atoms with Crippen LogP contribution in [-0.2, 0) is 6.54 Å². The Bertz CT molecular complexity index is 493. The minimum Gasteiger partial charge on any atom is -0.396 e. The van der Waals surface area contributed by atoms with E-state index >= 15 is 0 Å². The lowest BCUT2D eigenvalue weighted by Gasteiger charge is -2.25. The number of halogens is 1. The van der Waals surface area contributed by atoms with Crippen LogP contribution in [0.25, 0.3) is 0 Å². The molecule has 0 radical (unpaired) electrons. The standard InChI is InChI=1S/C14H16BrN3/c1-2-18(10-11-6-4-3-5-7-11)14-12(15)8-17-9-13(14)16/h3-9H,2,10,16H2,1H3. The molecule has 0 amide bonds. The van der Waals surface area contributed by atoms with Crippen LogP contribution in [0, 0.1) is 0 Å². The molecule has 0 aliphatic carbocycles. The van der Waals surface area contributed by atoms with Gasteiger partial charge in [-0.25, -0.2) is 0 Å². The van der Waals surface area contributed by atoms with Crippen molar-refractivity contribution in [3.05, 3.63) is 52.8 Å². The van der Waals surface area contributed by atoms with Crippen molar-refractivity contribution in [2.45, 2.75) is 13.5 Å². The van der Waals surface area contributed by atoms with Gasteiger partial charge in [0.2, 0.25) is 0 Å². The van der Waals surface area contributed by atoms with Gasteiger partial charge in [-0.2, -0.15) is 0 Å². The average molecular weight is 306 g/mol. The summed E-state index contributed by atoms with van der Waals surface area (Å²) in [6.45, 7) is 3.85. The second kappa shape index (κ2) is 5.87. The smallest absolute Gasteiger partial charge is 0.0778 e. The summed E-state index contributed by atoms with van der Waals surface area (Å²) in [5, 5.41) is 0. The number of hydrogen-bond donors (Lipinski definition) is 1. The average Bonchev–Trinajstić information content (AvgIpc) is 2.38. The van der Waals surface area contributed by atoms with E-state index in [0.29, 0.717) is 5.69 Å². The molecular formula is C14H16BrN3. The molecule has 0 aliphatic rings. The van der Waals surface area contributed by atoms with Crippen LogP contribution in [0.4, 0.5) is 11.4 Å². The lowest BCUT2D eigenvalue weighted by Crippen LogP contribution is -2.23. The Kier molecular flexibility index (Phi) is 4.20. The summed E-state index contributed by atoms with van der Waals surface area (Å²) in [6.07, 6.45) is 3.47. The Labute approximate surface area is 116 Å². The number of hydrogen-bond acceptors (Lipinski definition) is 3. The predicted octanol–water partition coefficient (Wildman–Crippen LogP) is 3.45. The maximum absolute atomic E-state index is 6.02. The molecular weight excluding hydrogens is 290 g/mol. The van der Waals surface area contributed by atoms with Gasteiger partial charge in [0.15, 0.2) is 0 Å². The Morgan fingerprint density at radius 3 is 2.56 bits per heavy atom. The number of nitrogens with zero attached hydrogens (tertiary/aromatic N) is 2. The summed E-state index contributed by atoms with van der Waals surface area (Å²) in [6, 6.07) is 10.4. The lowest BCUT2D eigenvalue weighted by atomic mass is 10.2.